The average molecular weight is 379 g/mol. The topological polar surface area (TPSA) is 82.8 Å². The summed E-state index contributed by atoms with van der Waals surface area (Å²) in [6, 6.07) is 16.0. The Morgan fingerprint density at radius 3 is 2.48 bits per heavy atom. The molecule has 0 radical (unpaired) electrons. The first kappa shape index (κ1) is 17.6. The standard InChI is InChI=1S/C20H21N5OS/c1-20(2,3)14-10-8-13(9-11-14)18-23-24-19(25(18)21)27-12-17-22-15-6-4-5-7-16(15)26-17/h4-11H,12,21H2,1-3H3. The number of thioether (sulfide) groups is 1. The molecule has 0 unspecified atom stereocenters. The Morgan fingerprint density at radius 2 is 1.78 bits per heavy atom. The lowest BCUT2D eigenvalue weighted by molar-refractivity contribution is 0.556. The maximum absolute atomic E-state index is 6.22. The Hall–Kier alpha value is -2.80. The van der Waals surface area contributed by atoms with Gasteiger partial charge in [-0.05, 0) is 23.1 Å². The molecule has 4 aromatic rings. The molecule has 0 spiro atoms. The molecule has 2 N–H and O–H groups in total. The molecule has 0 amide bonds. The van der Waals surface area contributed by atoms with Gasteiger partial charge in [-0.25, -0.2) is 9.66 Å². The van der Waals surface area contributed by atoms with E-state index >= 15 is 0 Å². The van der Waals surface area contributed by atoms with E-state index in [-0.39, 0.29) is 5.41 Å². The van der Waals surface area contributed by atoms with Gasteiger partial charge in [0.25, 0.3) is 0 Å². The van der Waals surface area contributed by atoms with Gasteiger partial charge >= 0.3 is 0 Å². The van der Waals surface area contributed by atoms with Crippen molar-refractivity contribution in [2.75, 3.05) is 5.84 Å². The maximum atomic E-state index is 6.22. The quantitative estimate of drug-likeness (QED) is 0.418. The first-order valence-electron chi connectivity index (χ1n) is 8.70. The van der Waals surface area contributed by atoms with Crippen LogP contribution in [0.2, 0.25) is 0 Å². The Morgan fingerprint density at radius 1 is 1.04 bits per heavy atom. The fourth-order valence-electron chi connectivity index (χ4n) is 2.80. The number of aromatic nitrogens is 4. The minimum atomic E-state index is 0.107. The molecule has 0 fully saturated rings. The molecule has 0 saturated carbocycles. The van der Waals surface area contributed by atoms with Crippen molar-refractivity contribution in [3.05, 3.63) is 60.0 Å². The molecule has 0 aliphatic rings. The van der Waals surface area contributed by atoms with Crippen LogP contribution in [0.1, 0.15) is 32.2 Å². The van der Waals surface area contributed by atoms with E-state index in [1.54, 1.807) is 0 Å². The largest absolute Gasteiger partial charge is 0.440 e. The van der Waals surface area contributed by atoms with Gasteiger partial charge in [0.15, 0.2) is 11.4 Å². The van der Waals surface area contributed by atoms with Gasteiger partial charge in [0.2, 0.25) is 11.0 Å². The Bertz CT molecular complexity index is 1040. The summed E-state index contributed by atoms with van der Waals surface area (Å²) in [5.74, 6) is 8.03. The van der Waals surface area contributed by atoms with Gasteiger partial charge in [-0.3, -0.25) is 0 Å². The van der Waals surface area contributed by atoms with Crippen LogP contribution in [0.25, 0.3) is 22.5 Å². The van der Waals surface area contributed by atoms with Crippen LogP contribution in [-0.4, -0.2) is 19.9 Å². The summed E-state index contributed by atoms with van der Waals surface area (Å²) in [6.45, 7) is 6.57. The third-order valence-corrected chi connectivity index (χ3v) is 5.26. The Labute approximate surface area is 161 Å². The fraction of sp³-hybridized carbons (Fsp3) is 0.250. The van der Waals surface area contributed by atoms with Crippen LogP contribution in [0, 0.1) is 0 Å². The highest BCUT2D eigenvalue weighted by molar-refractivity contribution is 7.98. The second-order valence-corrected chi connectivity index (χ2v) is 8.31. The van der Waals surface area contributed by atoms with Gasteiger partial charge in [-0.1, -0.05) is 68.9 Å². The molecular formula is C20H21N5OS. The van der Waals surface area contributed by atoms with Gasteiger partial charge in [-0.15, -0.1) is 10.2 Å². The molecule has 6 nitrogen and oxygen atoms in total. The predicted octanol–water partition coefficient (Wildman–Crippen LogP) is 4.39. The molecule has 0 saturated heterocycles. The van der Waals surface area contributed by atoms with Gasteiger partial charge in [-0.2, -0.15) is 0 Å². The normalized spacial score (nSPS) is 12.0. The lowest BCUT2D eigenvalue weighted by atomic mass is 9.87. The lowest BCUT2D eigenvalue weighted by Crippen LogP contribution is -2.12. The van der Waals surface area contributed by atoms with Crippen LogP contribution in [0.15, 0.2) is 58.1 Å². The molecular weight excluding hydrogens is 358 g/mol. The predicted molar refractivity (Wildman–Crippen MR) is 108 cm³/mol. The van der Waals surface area contributed by atoms with Crippen molar-refractivity contribution >= 4 is 22.9 Å². The third kappa shape index (κ3) is 3.55. The molecule has 0 bridgehead atoms. The fourth-order valence-corrected chi connectivity index (χ4v) is 3.50. The summed E-state index contributed by atoms with van der Waals surface area (Å²) in [7, 11) is 0. The van der Waals surface area contributed by atoms with Crippen molar-refractivity contribution in [3.63, 3.8) is 0 Å². The zero-order valence-electron chi connectivity index (χ0n) is 15.5. The molecule has 4 rings (SSSR count). The van der Waals surface area contributed by atoms with E-state index in [0.29, 0.717) is 22.6 Å². The third-order valence-electron chi connectivity index (χ3n) is 4.34. The molecule has 0 aliphatic heterocycles. The molecule has 138 valence electrons. The van der Waals surface area contributed by atoms with E-state index in [4.69, 9.17) is 10.3 Å². The molecule has 0 atom stereocenters. The van der Waals surface area contributed by atoms with Crippen molar-refractivity contribution in [1.82, 2.24) is 19.9 Å². The number of oxazole rings is 1. The maximum Gasteiger partial charge on any atom is 0.210 e. The SMILES string of the molecule is CC(C)(C)c1ccc(-c2nnc(SCc3nc4ccccc4o3)n2N)cc1. The van der Waals surface area contributed by atoms with Crippen LogP contribution in [0.3, 0.4) is 0 Å². The summed E-state index contributed by atoms with van der Waals surface area (Å²) in [5, 5.41) is 9.08. The Balaban J connectivity index is 1.51. The van der Waals surface area contributed by atoms with Crippen LogP contribution in [0.5, 0.6) is 0 Å². The van der Waals surface area contributed by atoms with Crippen molar-refractivity contribution in [2.45, 2.75) is 37.1 Å². The second-order valence-electron chi connectivity index (χ2n) is 7.37. The average Bonchev–Trinajstić information content (AvgIpc) is 3.22. The number of rotatable bonds is 4. The van der Waals surface area contributed by atoms with E-state index in [1.165, 1.54) is 22.0 Å². The van der Waals surface area contributed by atoms with E-state index in [1.807, 2.05) is 36.4 Å². The summed E-state index contributed by atoms with van der Waals surface area (Å²) < 4.78 is 7.25. The minimum absolute atomic E-state index is 0.107. The number of nitrogens with zero attached hydrogens (tertiary/aromatic N) is 4. The smallest absolute Gasteiger partial charge is 0.210 e. The molecule has 2 aromatic carbocycles. The van der Waals surface area contributed by atoms with Crippen molar-refractivity contribution in [1.29, 1.82) is 0 Å². The number of hydrogen-bond acceptors (Lipinski definition) is 6. The first-order valence-corrected chi connectivity index (χ1v) is 9.69. The number of nitrogens with two attached hydrogens (primary N) is 1. The van der Waals surface area contributed by atoms with Crippen molar-refractivity contribution < 1.29 is 4.42 Å². The molecule has 2 aromatic heterocycles. The lowest BCUT2D eigenvalue weighted by Gasteiger charge is -2.19. The highest BCUT2D eigenvalue weighted by Crippen LogP contribution is 2.28. The number of fused-ring (bicyclic) bond motifs is 1. The molecule has 7 heteroatoms. The molecule has 27 heavy (non-hydrogen) atoms. The van der Waals surface area contributed by atoms with E-state index in [0.717, 1.165) is 16.7 Å². The number of nitrogen functional groups attached to an aromatic ring is 1. The van der Waals surface area contributed by atoms with Crippen LogP contribution >= 0.6 is 11.8 Å². The van der Waals surface area contributed by atoms with E-state index in [9.17, 15) is 0 Å². The number of benzene rings is 2. The van der Waals surface area contributed by atoms with Gasteiger partial charge < -0.3 is 10.3 Å². The van der Waals surface area contributed by atoms with Crippen molar-refractivity contribution in [2.24, 2.45) is 0 Å². The zero-order valence-corrected chi connectivity index (χ0v) is 16.3. The Kier molecular flexibility index (Phi) is 4.39. The minimum Gasteiger partial charge on any atom is -0.440 e. The molecule has 2 heterocycles. The van der Waals surface area contributed by atoms with Crippen molar-refractivity contribution in [3.8, 4) is 11.4 Å². The van der Waals surface area contributed by atoms with Gasteiger partial charge in [0, 0.05) is 5.56 Å². The number of para-hydroxylation sites is 2. The van der Waals surface area contributed by atoms with Gasteiger partial charge in [0.05, 0.1) is 5.75 Å². The summed E-state index contributed by atoms with van der Waals surface area (Å²) in [6.07, 6.45) is 0. The summed E-state index contributed by atoms with van der Waals surface area (Å²) >= 11 is 1.45. The van der Waals surface area contributed by atoms with Crippen LogP contribution in [-0.2, 0) is 11.2 Å². The summed E-state index contributed by atoms with van der Waals surface area (Å²) in [4.78, 5) is 4.47. The molecule has 0 aliphatic carbocycles. The van der Waals surface area contributed by atoms with Gasteiger partial charge in [0.1, 0.15) is 5.52 Å². The zero-order chi connectivity index (χ0) is 19.0. The summed E-state index contributed by atoms with van der Waals surface area (Å²) in [5.41, 5.74) is 3.94. The first-order chi connectivity index (χ1) is 12.9. The monoisotopic (exact) mass is 379 g/mol. The highest BCUT2D eigenvalue weighted by Gasteiger charge is 2.16. The van der Waals surface area contributed by atoms with Crippen LogP contribution in [0.4, 0.5) is 0 Å². The second kappa shape index (κ2) is 6.74. The highest BCUT2D eigenvalue weighted by atomic mass is 32.2. The van der Waals surface area contributed by atoms with E-state index < -0.39 is 0 Å². The van der Waals surface area contributed by atoms with E-state index in [2.05, 4.69) is 48.1 Å². The number of hydrogen-bond donors (Lipinski definition) is 1. The van der Waals surface area contributed by atoms with Crippen LogP contribution < -0.4 is 5.84 Å².